The van der Waals surface area contributed by atoms with E-state index in [1.54, 1.807) is 0 Å². The van der Waals surface area contributed by atoms with E-state index < -0.39 is 0 Å². The van der Waals surface area contributed by atoms with E-state index in [1.807, 2.05) is 0 Å². The van der Waals surface area contributed by atoms with Crippen LogP contribution < -0.4 is 0 Å². The molecule has 0 heterocycles. The standard InChI is InChI=1S/C13H22O/c1-11(2)10-12(14)8-6-7-9-13(3,4)5/h11H,6,8,10H2,1-5H3. The van der Waals surface area contributed by atoms with Gasteiger partial charge >= 0.3 is 0 Å². The molecule has 0 N–H and O–H groups in total. The van der Waals surface area contributed by atoms with Crippen LogP contribution >= 0.6 is 0 Å². The maximum absolute atomic E-state index is 11.3. The number of hydrogen-bond donors (Lipinski definition) is 0. The smallest absolute Gasteiger partial charge is 0.134 e. The van der Waals surface area contributed by atoms with Crippen molar-refractivity contribution in [2.75, 3.05) is 0 Å². The fourth-order valence-corrected chi connectivity index (χ4v) is 1.09. The lowest BCUT2D eigenvalue weighted by atomic mass is 9.97. The van der Waals surface area contributed by atoms with Gasteiger partial charge in [0, 0.05) is 24.7 Å². The summed E-state index contributed by atoms with van der Waals surface area (Å²) in [7, 11) is 0. The van der Waals surface area contributed by atoms with E-state index >= 15 is 0 Å². The maximum Gasteiger partial charge on any atom is 0.134 e. The summed E-state index contributed by atoms with van der Waals surface area (Å²) in [6.45, 7) is 10.4. The summed E-state index contributed by atoms with van der Waals surface area (Å²) in [5.41, 5.74) is 0.0566. The Labute approximate surface area is 88.3 Å². The third-order valence-electron chi connectivity index (χ3n) is 1.63. The highest BCUT2D eigenvalue weighted by Crippen LogP contribution is 2.10. The van der Waals surface area contributed by atoms with Gasteiger partial charge in [-0.2, -0.15) is 0 Å². The van der Waals surface area contributed by atoms with Gasteiger partial charge in [-0.3, -0.25) is 4.79 Å². The minimum atomic E-state index is 0.0566. The fraction of sp³-hybridized carbons (Fsp3) is 0.769. The van der Waals surface area contributed by atoms with Crippen molar-refractivity contribution in [1.29, 1.82) is 0 Å². The zero-order chi connectivity index (χ0) is 11.2. The molecule has 0 radical (unpaired) electrons. The summed E-state index contributed by atoms with van der Waals surface area (Å²) >= 11 is 0. The van der Waals surface area contributed by atoms with Crippen molar-refractivity contribution >= 4 is 5.78 Å². The Morgan fingerprint density at radius 3 is 2.29 bits per heavy atom. The SMILES string of the molecule is CC(C)CC(=O)CCC#CC(C)(C)C. The molecule has 80 valence electrons. The van der Waals surface area contributed by atoms with Gasteiger partial charge in [0.15, 0.2) is 0 Å². The van der Waals surface area contributed by atoms with Crippen LogP contribution in [0.1, 0.15) is 53.9 Å². The van der Waals surface area contributed by atoms with E-state index in [9.17, 15) is 4.79 Å². The molecule has 0 aromatic carbocycles. The molecule has 0 saturated heterocycles. The molecule has 0 aliphatic heterocycles. The van der Waals surface area contributed by atoms with Crippen LogP contribution in [0.2, 0.25) is 0 Å². The minimum Gasteiger partial charge on any atom is -0.300 e. The zero-order valence-corrected chi connectivity index (χ0v) is 10.1. The molecular weight excluding hydrogens is 172 g/mol. The lowest BCUT2D eigenvalue weighted by molar-refractivity contribution is -0.119. The third-order valence-corrected chi connectivity index (χ3v) is 1.63. The molecule has 0 aliphatic rings. The van der Waals surface area contributed by atoms with E-state index in [0.717, 1.165) is 0 Å². The lowest BCUT2D eigenvalue weighted by Crippen LogP contribution is -2.02. The Kier molecular flexibility index (Phi) is 5.53. The first-order chi connectivity index (χ1) is 6.31. The van der Waals surface area contributed by atoms with Crippen LogP contribution in [-0.2, 0) is 4.79 Å². The molecule has 0 atom stereocenters. The van der Waals surface area contributed by atoms with Crippen molar-refractivity contribution in [3.63, 3.8) is 0 Å². The number of rotatable bonds is 4. The minimum absolute atomic E-state index is 0.0566. The number of carbonyl (C=O) groups excluding carboxylic acids is 1. The Morgan fingerprint density at radius 1 is 1.29 bits per heavy atom. The van der Waals surface area contributed by atoms with Crippen molar-refractivity contribution < 1.29 is 4.79 Å². The summed E-state index contributed by atoms with van der Waals surface area (Å²) in [5.74, 6) is 6.99. The summed E-state index contributed by atoms with van der Waals surface area (Å²) in [6, 6.07) is 0. The number of carbonyl (C=O) groups is 1. The highest BCUT2D eigenvalue weighted by atomic mass is 16.1. The molecule has 0 rings (SSSR count). The first-order valence-corrected chi connectivity index (χ1v) is 5.33. The predicted octanol–water partition coefficient (Wildman–Crippen LogP) is 3.43. The van der Waals surface area contributed by atoms with Crippen LogP contribution in [-0.4, -0.2) is 5.78 Å². The largest absolute Gasteiger partial charge is 0.300 e. The quantitative estimate of drug-likeness (QED) is 0.627. The van der Waals surface area contributed by atoms with Crippen molar-refractivity contribution in [3.05, 3.63) is 0 Å². The summed E-state index contributed by atoms with van der Waals surface area (Å²) in [6.07, 6.45) is 2.02. The Hall–Kier alpha value is -0.770. The average molecular weight is 194 g/mol. The normalized spacial score (nSPS) is 11.0. The van der Waals surface area contributed by atoms with Crippen LogP contribution in [0.3, 0.4) is 0 Å². The molecule has 0 fully saturated rings. The highest BCUT2D eigenvalue weighted by Gasteiger charge is 2.05. The van der Waals surface area contributed by atoms with Gasteiger partial charge in [-0.1, -0.05) is 19.8 Å². The maximum atomic E-state index is 11.3. The van der Waals surface area contributed by atoms with Crippen molar-refractivity contribution in [1.82, 2.24) is 0 Å². The zero-order valence-electron chi connectivity index (χ0n) is 10.1. The summed E-state index contributed by atoms with van der Waals surface area (Å²) in [4.78, 5) is 11.3. The molecule has 0 aromatic rings. The van der Waals surface area contributed by atoms with Crippen molar-refractivity contribution in [2.45, 2.75) is 53.9 Å². The molecular formula is C13H22O. The topological polar surface area (TPSA) is 17.1 Å². The van der Waals surface area contributed by atoms with Gasteiger partial charge in [0.25, 0.3) is 0 Å². The fourth-order valence-electron chi connectivity index (χ4n) is 1.09. The van der Waals surface area contributed by atoms with Crippen LogP contribution in [0.15, 0.2) is 0 Å². The predicted molar refractivity (Wildman–Crippen MR) is 60.9 cm³/mol. The first kappa shape index (κ1) is 13.2. The summed E-state index contributed by atoms with van der Waals surface area (Å²) < 4.78 is 0. The van der Waals surface area contributed by atoms with Crippen LogP contribution in [0.25, 0.3) is 0 Å². The second-order valence-corrected chi connectivity index (χ2v) is 5.19. The monoisotopic (exact) mass is 194 g/mol. The molecule has 1 heteroatoms. The Balaban J connectivity index is 3.73. The van der Waals surface area contributed by atoms with Crippen LogP contribution in [0.4, 0.5) is 0 Å². The van der Waals surface area contributed by atoms with E-state index in [2.05, 4.69) is 46.5 Å². The van der Waals surface area contributed by atoms with Gasteiger partial charge in [0.05, 0.1) is 0 Å². The van der Waals surface area contributed by atoms with Gasteiger partial charge in [-0.25, -0.2) is 0 Å². The van der Waals surface area contributed by atoms with Gasteiger partial charge in [0.2, 0.25) is 0 Å². The van der Waals surface area contributed by atoms with Gasteiger partial charge in [-0.05, 0) is 26.7 Å². The molecule has 0 amide bonds. The van der Waals surface area contributed by atoms with E-state index in [-0.39, 0.29) is 5.41 Å². The van der Waals surface area contributed by atoms with E-state index in [4.69, 9.17) is 0 Å². The second-order valence-electron chi connectivity index (χ2n) is 5.19. The molecule has 14 heavy (non-hydrogen) atoms. The second kappa shape index (κ2) is 5.86. The van der Waals surface area contributed by atoms with Gasteiger partial charge in [0.1, 0.15) is 5.78 Å². The molecule has 0 aromatic heterocycles. The number of hydrogen-bond acceptors (Lipinski definition) is 1. The highest BCUT2D eigenvalue weighted by molar-refractivity contribution is 5.78. The Bertz CT molecular complexity index is 232. The van der Waals surface area contributed by atoms with Crippen LogP contribution in [0, 0.1) is 23.2 Å². The van der Waals surface area contributed by atoms with Gasteiger partial charge in [-0.15, -0.1) is 5.92 Å². The molecule has 0 aliphatic carbocycles. The number of Topliss-reactive ketones (excluding diaryl/α,β-unsaturated/α-hetero) is 1. The van der Waals surface area contributed by atoms with E-state index in [1.165, 1.54) is 0 Å². The first-order valence-electron chi connectivity index (χ1n) is 5.33. The van der Waals surface area contributed by atoms with Gasteiger partial charge < -0.3 is 0 Å². The van der Waals surface area contributed by atoms with E-state index in [0.29, 0.717) is 31.0 Å². The molecule has 0 bridgehead atoms. The average Bonchev–Trinajstić information content (AvgIpc) is 1.95. The summed E-state index contributed by atoms with van der Waals surface area (Å²) in [5, 5.41) is 0. The third kappa shape index (κ3) is 9.32. The van der Waals surface area contributed by atoms with Crippen LogP contribution in [0.5, 0.6) is 0 Å². The molecule has 0 saturated carbocycles. The van der Waals surface area contributed by atoms with Crippen molar-refractivity contribution in [2.24, 2.45) is 11.3 Å². The van der Waals surface area contributed by atoms with Crippen molar-refractivity contribution in [3.8, 4) is 11.8 Å². The molecule has 0 spiro atoms. The molecule has 0 unspecified atom stereocenters. The lowest BCUT2D eigenvalue weighted by Gasteiger charge is -2.06. The Morgan fingerprint density at radius 2 is 1.86 bits per heavy atom. The molecule has 1 nitrogen and oxygen atoms in total. The number of ketones is 1.